The van der Waals surface area contributed by atoms with Crippen LogP contribution >= 0.6 is 0 Å². The van der Waals surface area contributed by atoms with Crippen molar-refractivity contribution in [2.45, 2.75) is 76.0 Å². The standard InChI is InChI=1S/C29H42N8O3/c1-4-36(29-12-10-28(31,20-29)11-13-29)19-21-5-7-22(8-6-21)37-14-9-23(33-26(37)40)32-25(39)35-17-15-34(16-18-35)24(38)27(2,3)30/h5-9,14H,4,10-13,15-20,30-31H2,1-3H3,(H,32,33,39,40). The number of amides is 3. The molecule has 40 heavy (non-hydrogen) atoms. The van der Waals surface area contributed by atoms with E-state index in [1.54, 1.807) is 35.9 Å². The number of aromatic nitrogens is 2. The largest absolute Gasteiger partial charge is 0.354 e. The van der Waals surface area contributed by atoms with Gasteiger partial charge in [0, 0.05) is 50.0 Å². The summed E-state index contributed by atoms with van der Waals surface area (Å²) in [5.41, 5.74) is 13.2. The molecule has 216 valence electrons. The van der Waals surface area contributed by atoms with Gasteiger partial charge in [0.15, 0.2) is 0 Å². The van der Waals surface area contributed by atoms with E-state index in [1.807, 2.05) is 12.1 Å². The van der Waals surface area contributed by atoms with Crippen molar-refractivity contribution in [3.05, 3.63) is 52.6 Å². The molecule has 3 fully saturated rings. The van der Waals surface area contributed by atoms with E-state index in [9.17, 15) is 14.4 Å². The van der Waals surface area contributed by atoms with Gasteiger partial charge in [-0.3, -0.25) is 19.6 Å². The number of fused-ring (bicyclic) bond motifs is 2. The first kappa shape index (κ1) is 28.3. The fourth-order valence-electron chi connectivity index (χ4n) is 6.63. The molecule has 2 aromatic rings. The van der Waals surface area contributed by atoms with Crippen LogP contribution in [0.3, 0.4) is 0 Å². The van der Waals surface area contributed by atoms with Crippen LogP contribution in [0.5, 0.6) is 0 Å². The van der Waals surface area contributed by atoms with Crippen molar-refractivity contribution in [2.75, 3.05) is 38.0 Å². The Kier molecular flexibility index (Phi) is 7.49. The number of carbonyl (C=O) groups is 2. The van der Waals surface area contributed by atoms with Crippen LogP contribution in [0, 0.1) is 0 Å². The third-order valence-electron chi connectivity index (χ3n) is 8.94. The molecule has 2 saturated carbocycles. The van der Waals surface area contributed by atoms with Crippen LogP contribution in [0.4, 0.5) is 10.6 Å². The number of piperazine rings is 1. The van der Waals surface area contributed by atoms with Crippen LogP contribution in [0.15, 0.2) is 41.3 Å². The smallest absolute Gasteiger partial charge is 0.338 e. The molecule has 3 amide bonds. The van der Waals surface area contributed by atoms with Crippen LogP contribution in [0.2, 0.25) is 0 Å². The first-order chi connectivity index (χ1) is 18.9. The molecular formula is C29H42N8O3. The molecule has 3 aliphatic rings. The minimum Gasteiger partial charge on any atom is -0.338 e. The van der Waals surface area contributed by atoms with Crippen molar-refractivity contribution in [1.29, 1.82) is 0 Å². The second-order valence-electron chi connectivity index (χ2n) is 12.3. The van der Waals surface area contributed by atoms with E-state index < -0.39 is 11.2 Å². The van der Waals surface area contributed by atoms with Gasteiger partial charge < -0.3 is 21.3 Å². The number of nitrogens with zero attached hydrogens (tertiary/aromatic N) is 5. The van der Waals surface area contributed by atoms with Gasteiger partial charge in [-0.15, -0.1) is 0 Å². The lowest BCUT2D eigenvalue weighted by atomic mass is 9.90. The van der Waals surface area contributed by atoms with Gasteiger partial charge in [0.25, 0.3) is 0 Å². The first-order valence-corrected chi connectivity index (χ1v) is 14.3. The van der Waals surface area contributed by atoms with Crippen LogP contribution in [0.25, 0.3) is 5.69 Å². The fourth-order valence-corrected chi connectivity index (χ4v) is 6.63. The zero-order chi connectivity index (χ0) is 28.7. The summed E-state index contributed by atoms with van der Waals surface area (Å²) < 4.78 is 1.46. The third-order valence-corrected chi connectivity index (χ3v) is 8.94. The Balaban J connectivity index is 1.18. The van der Waals surface area contributed by atoms with Crippen LogP contribution in [-0.4, -0.2) is 85.5 Å². The Hall–Kier alpha value is -3.28. The van der Waals surface area contributed by atoms with Gasteiger partial charge in [-0.1, -0.05) is 19.1 Å². The molecule has 0 spiro atoms. The molecule has 2 aliphatic carbocycles. The summed E-state index contributed by atoms with van der Waals surface area (Å²) >= 11 is 0. The summed E-state index contributed by atoms with van der Waals surface area (Å²) in [6.07, 6.45) is 7.26. The second kappa shape index (κ2) is 10.6. The van der Waals surface area contributed by atoms with Crippen molar-refractivity contribution < 1.29 is 9.59 Å². The minimum absolute atomic E-state index is 0.0222. The molecule has 11 heteroatoms. The highest BCUT2D eigenvalue weighted by atomic mass is 16.2. The van der Waals surface area contributed by atoms with E-state index in [0.29, 0.717) is 31.9 Å². The minimum atomic E-state index is -0.947. The lowest BCUT2D eigenvalue weighted by molar-refractivity contribution is -0.137. The molecule has 5 rings (SSSR count). The monoisotopic (exact) mass is 550 g/mol. The Morgan fingerprint density at radius 3 is 2.17 bits per heavy atom. The number of nitrogens with one attached hydrogen (secondary N) is 1. The number of hydrogen-bond acceptors (Lipinski definition) is 7. The van der Waals surface area contributed by atoms with E-state index >= 15 is 0 Å². The highest BCUT2D eigenvalue weighted by molar-refractivity contribution is 5.89. The molecule has 2 heterocycles. The van der Waals surface area contributed by atoms with E-state index in [1.165, 1.54) is 23.0 Å². The number of rotatable bonds is 7. The Labute approximate surface area is 235 Å². The van der Waals surface area contributed by atoms with E-state index in [0.717, 1.165) is 32.4 Å². The lowest BCUT2D eigenvalue weighted by Gasteiger charge is -2.39. The number of carbonyl (C=O) groups excluding carboxylic acids is 2. The molecule has 0 unspecified atom stereocenters. The lowest BCUT2D eigenvalue weighted by Crippen LogP contribution is -2.58. The van der Waals surface area contributed by atoms with Crippen molar-refractivity contribution in [3.63, 3.8) is 0 Å². The summed E-state index contributed by atoms with van der Waals surface area (Å²) in [5, 5.41) is 2.70. The van der Waals surface area contributed by atoms with E-state index in [-0.39, 0.29) is 28.8 Å². The van der Waals surface area contributed by atoms with Crippen LogP contribution in [-0.2, 0) is 11.3 Å². The number of hydrogen-bond donors (Lipinski definition) is 3. The molecular weight excluding hydrogens is 508 g/mol. The highest BCUT2D eigenvalue weighted by Crippen LogP contribution is 2.52. The van der Waals surface area contributed by atoms with Crippen LogP contribution in [0.1, 0.15) is 58.4 Å². The molecule has 5 N–H and O–H groups in total. The molecule has 2 bridgehead atoms. The summed E-state index contributed by atoms with van der Waals surface area (Å²) in [6.45, 7) is 8.96. The average Bonchev–Trinajstić information content (AvgIpc) is 3.46. The normalized spacial score (nSPS) is 24.6. The number of urea groups is 1. The van der Waals surface area contributed by atoms with Gasteiger partial charge >= 0.3 is 11.7 Å². The maximum atomic E-state index is 12.8. The molecule has 1 aliphatic heterocycles. The van der Waals surface area contributed by atoms with Gasteiger partial charge in [0.05, 0.1) is 11.2 Å². The van der Waals surface area contributed by atoms with Crippen molar-refractivity contribution >= 4 is 17.8 Å². The van der Waals surface area contributed by atoms with Gasteiger partial charge in [0.2, 0.25) is 5.91 Å². The van der Waals surface area contributed by atoms with Gasteiger partial charge in [-0.05, 0) is 76.3 Å². The van der Waals surface area contributed by atoms with Crippen molar-refractivity contribution in [2.24, 2.45) is 11.5 Å². The molecule has 1 saturated heterocycles. The predicted octanol–water partition coefficient (Wildman–Crippen LogP) is 1.88. The van der Waals surface area contributed by atoms with E-state index in [2.05, 4.69) is 34.3 Å². The quantitative estimate of drug-likeness (QED) is 0.478. The second-order valence-corrected chi connectivity index (χ2v) is 12.3. The molecule has 1 aromatic carbocycles. The van der Waals surface area contributed by atoms with Gasteiger partial charge in [-0.2, -0.15) is 4.98 Å². The average molecular weight is 551 g/mol. The molecule has 0 radical (unpaired) electrons. The summed E-state index contributed by atoms with van der Waals surface area (Å²) in [4.78, 5) is 47.9. The first-order valence-electron chi connectivity index (χ1n) is 14.3. The number of anilines is 1. The van der Waals surface area contributed by atoms with Gasteiger partial charge in [0.1, 0.15) is 5.82 Å². The predicted molar refractivity (Wildman–Crippen MR) is 154 cm³/mol. The summed E-state index contributed by atoms with van der Waals surface area (Å²) in [5.74, 6) is 0.0463. The summed E-state index contributed by atoms with van der Waals surface area (Å²) in [6, 6.07) is 9.24. The topological polar surface area (TPSA) is 143 Å². The Morgan fingerprint density at radius 2 is 1.65 bits per heavy atom. The third kappa shape index (κ3) is 5.63. The highest BCUT2D eigenvalue weighted by Gasteiger charge is 2.54. The van der Waals surface area contributed by atoms with Crippen molar-refractivity contribution in [3.8, 4) is 5.69 Å². The zero-order valence-corrected chi connectivity index (χ0v) is 23.9. The zero-order valence-electron chi connectivity index (χ0n) is 23.9. The Morgan fingerprint density at radius 1 is 1.02 bits per heavy atom. The molecule has 0 atom stereocenters. The maximum absolute atomic E-state index is 12.8. The van der Waals surface area contributed by atoms with Gasteiger partial charge in [-0.25, -0.2) is 9.59 Å². The van der Waals surface area contributed by atoms with Crippen molar-refractivity contribution in [1.82, 2.24) is 24.3 Å². The molecule has 1 aromatic heterocycles. The number of benzene rings is 1. The number of nitrogens with two attached hydrogens (primary N) is 2. The van der Waals surface area contributed by atoms with E-state index in [4.69, 9.17) is 11.5 Å². The maximum Gasteiger partial charge on any atom is 0.354 e. The SMILES string of the molecule is CCN(Cc1ccc(-n2ccc(NC(=O)N3CCN(C(=O)C(C)(C)N)CC3)nc2=O)cc1)C12CCC(N)(CC1)C2. The van der Waals surface area contributed by atoms with Crippen LogP contribution < -0.4 is 22.5 Å². The Bertz CT molecular complexity index is 1300. The molecule has 11 nitrogen and oxygen atoms in total. The fraction of sp³-hybridized carbons (Fsp3) is 0.586. The summed E-state index contributed by atoms with van der Waals surface area (Å²) in [7, 11) is 0.